The first-order chi connectivity index (χ1) is 18.1. The summed E-state index contributed by atoms with van der Waals surface area (Å²) in [6.07, 6.45) is -3.41. The first-order valence-corrected chi connectivity index (χ1v) is 14.2. The van der Waals surface area contributed by atoms with E-state index >= 15 is 0 Å². The number of rotatable bonds is 7. The molecule has 10 atom stereocenters. The molecule has 6 fully saturated rings. The van der Waals surface area contributed by atoms with Crippen LogP contribution >= 0.6 is 0 Å². The van der Waals surface area contributed by atoms with E-state index in [0.29, 0.717) is 26.1 Å². The van der Waals surface area contributed by atoms with Crippen molar-refractivity contribution in [3.05, 3.63) is 0 Å². The molecule has 6 rings (SSSR count). The average Bonchev–Trinajstić information content (AvgIpc) is 3.49. The lowest BCUT2D eigenvalue weighted by atomic mass is 9.96. The van der Waals surface area contributed by atoms with Gasteiger partial charge < -0.3 is 52.5 Å². The van der Waals surface area contributed by atoms with Crippen molar-refractivity contribution in [1.29, 1.82) is 0 Å². The van der Waals surface area contributed by atoms with Crippen molar-refractivity contribution in [3.63, 3.8) is 0 Å². The molecule has 0 aliphatic carbocycles. The standard InChI is InChI=1S/C27H45NO11/c1-24(2)32-16-14(30-22-20(18(16)34-24)36-26(5,6)38-22)12-28(10-9-11-29)13-15-17-19(35-25(3,4)33-17)21-23(31-15)39-27(7,8)37-21/h14-23,29H,9-13H2,1-8H3/t14-,15-,16+,17+,18+,19+,20-,21-,22-,23-/m1/s1. The fourth-order valence-electron chi connectivity index (χ4n) is 6.74. The Morgan fingerprint density at radius 1 is 0.513 bits per heavy atom. The maximum Gasteiger partial charge on any atom is 0.190 e. The van der Waals surface area contributed by atoms with Crippen LogP contribution in [0.2, 0.25) is 0 Å². The highest BCUT2D eigenvalue weighted by atomic mass is 16.9. The SMILES string of the molecule is CC1(C)O[C@H]2[C@@H](O1)[C@@H](CN(CCCO)C[C@H]1O[C@@H]3OC(C)(C)O[C@@H]3[C@H]3OC(C)(C)O[C@H]31)O[C@@H]1OC(C)(C)O[C@@H]12. The number of aliphatic hydroxyl groups is 1. The molecule has 6 saturated heterocycles. The fourth-order valence-corrected chi connectivity index (χ4v) is 6.74. The minimum absolute atomic E-state index is 0.0661. The third kappa shape index (κ3) is 5.65. The van der Waals surface area contributed by atoms with Gasteiger partial charge in [0.1, 0.15) is 48.8 Å². The van der Waals surface area contributed by atoms with Gasteiger partial charge in [0, 0.05) is 26.2 Å². The molecule has 0 spiro atoms. The molecule has 12 heteroatoms. The minimum Gasteiger partial charge on any atom is -0.396 e. The van der Waals surface area contributed by atoms with Crippen LogP contribution in [0.25, 0.3) is 0 Å². The predicted molar refractivity (Wildman–Crippen MR) is 133 cm³/mol. The van der Waals surface area contributed by atoms with Crippen molar-refractivity contribution in [3.8, 4) is 0 Å². The van der Waals surface area contributed by atoms with Gasteiger partial charge in [0.25, 0.3) is 0 Å². The van der Waals surface area contributed by atoms with E-state index in [1.54, 1.807) is 0 Å². The molecular formula is C27H45NO11. The van der Waals surface area contributed by atoms with Crippen molar-refractivity contribution in [2.75, 3.05) is 26.2 Å². The van der Waals surface area contributed by atoms with Gasteiger partial charge in [-0.15, -0.1) is 0 Å². The largest absolute Gasteiger partial charge is 0.396 e. The Hall–Kier alpha value is -0.480. The molecule has 6 aliphatic heterocycles. The highest BCUT2D eigenvalue weighted by molar-refractivity contribution is 5.03. The van der Waals surface area contributed by atoms with Crippen LogP contribution in [0.5, 0.6) is 0 Å². The number of nitrogens with zero attached hydrogens (tertiary/aromatic N) is 1. The molecule has 12 nitrogen and oxygen atoms in total. The molecule has 0 aromatic rings. The third-order valence-electron chi connectivity index (χ3n) is 8.01. The van der Waals surface area contributed by atoms with E-state index in [-0.39, 0.29) is 55.4 Å². The second kappa shape index (κ2) is 9.78. The molecule has 0 aromatic heterocycles. The molecule has 0 bridgehead atoms. The van der Waals surface area contributed by atoms with Crippen LogP contribution in [0.1, 0.15) is 61.8 Å². The molecule has 224 valence electrons. The zero-order valence-corrected chi connectivity index (χ0v) is 24.3. The Bertz CT molecular complexity index is 844. The van der Waals surface area contributed by atoms with E-state index in [4.69, 9.17) is 47.4 Å². The molecular weight excluding hydrogens is 514 g/mol. The molecule has 0 amide bonds. The van der Waals surface area contributed by atoms with E-state index in [1.165, 1.54) is 0 Å². The molecule has 39 heavy (non-hydrogen) atoms. The summed E-state index contributed by atoms with van der Waals surface area (Å²) in [5.74, 6) is -3.13. The maximum atomic E-state index is 9.67. The molecule has 0 unspecified atom stereocenters. The Labute approximate surface area is 230 Å². The van der Waals surface area contributed by atoms with E-state index < -0.39 is 35.7 Å². The van der Waals surface area contributed by atoms with Gasteiger partial charge in [-0.2, -0.15) is 0 Å². The Morgan fingerprint density at radius 2 is 0.872 bits per heavy atom. The van der Waals surface area contributed by atoms with Crippen LogP contribution in [0.4, 0.5) is 0 Å². The summed E-state index contributed by atoms with van der Waals surface area (Å²) in [6, 6.07) is 0. The van der Waals surface area contributed by atoms with Gasteiger partial charge in [-0.25, -0.2) is 0 Å². The number of hydrogen-bond donors (Lipinski definition) is 1. The summed E-state index contributed by atoms with van der Waals surface area (Å²) in [5.41, 5.74) is 0. The molecule has 0 aromatic carbocycles. The summed E-state index contributed by atoms with van der Waals surface area (Å²) >= 11 is 0. The van der Waals surface area contributed by atoms with Gasteiger partial charge in [-0.3, -0.25) is 4.90 Å². The Balaban J connectivity index is 1.21. The molecule has 0 radical (unpaired) electrons. The highest BCUT2D eigenvalue weighted by Crippen LogP contribution is 2.46. The van der Waals surface area contributed by atoms with Gasteiger partial charge in [0.05, 0.1) is 0 Å². The van der Waals surface area contributed by atoms with Gasteiger partial charge in [0.2, 0.25) is 0 Å². The summed E-state index contributed by atoms with van der Waals surface area (Å²) in [7, 11) is 0. The Morgan fingerprint density at radius 3 is 1.28 bits per heavy atom. The second-order valence-corrected chi connectivity index (χ2v) is 13.3. The maximum absolute atomic E-state index is 9.67. The smallest absolute Gasteiger partial charge is 0.190 e. The first kappa shape index (κ1) is 28.6. The van der Waals surface area contributed by atoms with Crippen molar-refractivity contribution in [2.24, 2.45) is 0 Å². The lowest BCUT2D eigenvalue weighted by molar-refractivity contribution is -0.246. The van der Waals surface area contributed by atoms with Crippen molar-refractivity contribution >= 4 is 0 Å². The monoisotopic (exact) mass is 559 g/mol. The normalized spacial score (nSPS) is 46.6. The zero-order valence-electron chi connectivity index (χ0n) is 24.3. The Kier molecular flexibility index (Phi) is 7.18. The summed E-state index contributed by atoms with van der Waals surface area (Å²) in [4.78, 5) is 2.21. The van der Waals surface area contributed by atoms with E-state index in [9.17, 15) is 5.11 Å². The van der Waals surface area contributed by atoms with Gasteiger partial charge in [0.15, 0.2) is 35.7 Å². The molecule has 1 N–H and O–H groups in total. The number of fused-ring (bicyclic) bond motifs is 6. The fraction of sp³-hybridized carbons (Fsp3) is 1.00. The van der Waals surface area contributed by atoms with Gasteiger partial charge >= 0.3 is 0 Å². The van der Waals surface area contributed by atoms with Crippen LogP contribution < -0.4 is 0 Å². The van der Waals surface area contributed by atoms with E-state index in [2.05, 4.69) is 4.90 Å². The first-order valence-electron chi connectivity index (χ1n) is 14.2. The molecule has 6 heterocycles. The van der Waals surface area contributed by atoms with Crippen LogP contribution in [0.15, 0.2) is 0 Å². The van der Waals surface area contributed by atoms with Gasteiger partial charge in [-0.05, 0) is 61.8 Å². The van der Waals surface area contributed by atoms with Gasteiger partial charge in [-0.1, -0.05) is 0 Å². The highest BCUT2D eigenvalue weighted by Gasteiger charge is 2.62. The lowest BCUT2D eigenvalue weighted by Crippen LogP contribution is -2.60. The van der Waals surface area contributed by atoms with Crippen molar-refractivity contribution < 1.29 is 52.5 Å². The number of hydrogen-bond acceptors (Lipinski definition) is 12. The third-order valence-corrected chi connectivity index (χ3v) is 8.01. The summed E-state index contributed by atoms with van der Waals surface area (Å²) in [5, 5.41) is 9.67. The number of aliphatic hydroxyl groups excluding tert-OH is 1. The van der Waals surface area contributed by atoms with E-state index in [1.807, 2.05) is 55.4 Å². The second-order valence-electron chi connectivity index (χ2n) is 13.3. The summed E-state index contributed by atoms with van der Waals surface area (Å²) < 4.78 is 62.7. The quantitative estimate of drug-likeness (QED) is 0.487. The number of ether oxygens (including phenoxy) is 10. The molecule has 6 aliphatic rings. The van der Waals surface area contributed by atoms with Crippen molar-refractivity contribution in [2.45, 2.75) is 146 Å². The predicted octanol–water partition coefficient (Wildman–Crippen LogP) is 1.46. The topological polar surface area (TPSA) is 116 Å². The lowest BCUT2D eigenvalue weighted by Gasteiger charge is -2.42. The molecule has 0 saturated carbocycles. The minimum atomic E-state index is -0.785. The van der Waals surface area contributed by atoms with Crippen LogP contribution in [-0.2, 0) is 47.4 Å². The zero-order chi connectivity index (χ0) is 28.0. The van der Waals surface area contributed by atoms with Crippen molar-refractivity contribution in [1.82, 2.24) is 4.90 Å². The van der Waals surface area contributed by atoms with E-state index in [0.717, 1.165) is 0 Å². The average molecular weight is 560 g/mol. The summed E-state index contributed by atoms with van der Waals surface area (Å²) in [6.45, 7) is 16.8. The van der Waals surface area contributed by atoms with Crippen LogP contribution in [0.3, 0.4) is 0 Å². The van der Waals surface area contributed by atoms with Crippen LogP contribution in [-0.4, -0.2) is 121 Å². The van der Waals surface area contributed by atoms with Crippen LogP contribution in [0, 0.1) is 0 Å².